The van der Waals surface area contributed by atoms with Crippen LogP contribution in [0.3, 0.4) is 0 Å². The van der Waals surface area contributed by atoms with Crippen LogP contribution in [-0.2, 0) is 19.1 Å². The van der Waals surface area contributed by atoms with Gasteiger partial charge in [0.25, 0.3) is 0 Å². The molecule has 6 rings (SSSR count). The number of nitrogens with zero attached hydrogens (tertiary/aromatic N) is 1. The minimum Gasteiger partial charge on any atom is -0.359 e. The molecule has 1 spiro atoms. The summed E-state index contributed by atoms with van der Waals surface area (Å²) in [6.45, 7) is 4.01. The maximum Gasteiger partial charge on any atom is 0.246 e. The molecule has 3 amide bonds. The van der Waals surface area contributed by atoms with E-state index in [4.69, 9.17) is 4.74 Å². The summed E-state index contributed by atoms with van der Waals surface area (Å²) in [5, 5.41) is 6.40. The zero-order valence-corrected chi connectivity index (χ0v) is 23.4. The molecule has 2 bridgehead atoms. The lowest BCUT2D eigenvalue weighted by atomic mass is 9.74. The van der Waals surface area contributed by atoms with Crippen LogP contribution in [0.2, 0.25) is 0 Å². The van der Waals surface area contributed by atoms with E-state index >= 15 is 0 Å². The third kappa shape index (κ3) is 4.81. The van der Waals surface area contributed by atoms with Crippen LogP contribution in [0.1, 0.15) is 88.2 Å². The van der Waals surface area contributed by atoms with Gasteiger partial charge in [-0.05, 0) is 62.8 Å². The van der Waals surface area contributed by atoms with Crippen LogP contribution in [0.15, 0.2) is 30.4 Å². The second-order valence-electron chi connectivity index (χ2n) is 12.7. The third-order valence-electron chi connectivity index (χ3n) is 9.77. The minimum atomic E-state index is -1.09. The van der Waals surface area contributed by atoms with E-state index in [2.05, 4.69) is 16.7 Å². The Bertz CT molecular complexity index is 1130. The van der Waals surface area contributed by atoms with Gasteiger partial charge in [0.05, 0.1) is 17.9 Å². The van der Waals surface area contributed by atoms with E-state index in [-0.39, 0.29) is 29.8 Å². The summed E-state index contributed by atoms with van der Waals surface area (Å²) < 4.78 is 6.58. The van der Waals surface area contributed by atoms with Crippen LogP contribution >= 0.6 is 0 Å². The Balaban J connectivity index is 1.32. The summed E-state index contributed by atoms with van der Waals surface area (Å²) in [5.41, 5.74) is 1.77. The summed E-state index contributed by atoms with van der Waals surface area (Å²) in [5.74, 6) is -1.75. The third-order valence-corrected chi connectivity index (χ3v) is 9.77. The van der Waals surface area contributed by atoms with Gasteiger partial charge in [0, 0.05) is 17.8 Å². The van der Waals surface area contributed by atoms with Crippen molar-refractivity contribution in [3.8, 4) is 0 Å². The van der Waals surface area contributed by atoms with E-state index in [1.165, 1.54) is 12.8 Å². The number of hydrogen-bond acceptors (Lipinski definition) is 4. The Labute approximate surface area is 232 Å². The van der Waals surface area contributed by atoms with Crippen molar-refractivity contribution in [1.29, 1.82) is 0 Å². The fraction of sp³-hybridized carbons (Fsp3) is 0.656. The number of fused-ring (bicyclic) bond motifs is 1. The Morgan fingerprint density at radius 2 is 1.49 bits per heavy atom. The van der Waals surface area contributed by atoms with Gasteiger partial charge in [-0.25, -0.2) is 0 Å². The van der Waals surface area contributed by atoms with Crippen molar-refractivity contribution in [2.75, 3.05) is 5.32 Å². The molecule has 3 heterocycles. The van der Waals surface area contributed by atoms with Gasteiger partial charge < -0.3 is 20.3 Å². The van der Waals surface area contributed by atoms with E-state index < -0.39 is 29.6 Å². The quantitative estimate of drug-likeness (QED) is 0.524. The van der Waals surface area contributed by atoms with E-state index in [1.54, 1.807) is 0 Å². The molecular weight excluding hydrogens is 490 g/mol. The standard InChI is InChI=1S/C32H43N3O4/c1-20-17-21(2)19-23(18-20)34-29(36)26-25-15-16-32(39-25)27(26)31(38)35(24-13-9-4-3-5-10-14-24)28(32)30(37)33-22-11-7-6-8-12-22/h15-19,22,24-28H,3-14H2,1-2H3,(H,33,37)(H,34,36)/t25-,26+,27-,28-,32-/m0/s1. The fourth-order valence-electron chi connectivity index (χ4n) is 8.11. The largest absolute Gasteiger partial charge is 0.359 e. The van der Waals surface area contributed by atoms with Crippen LogP contribution in [0.5, 0.6) is 0 Å². The monoisotopic (exact) mass is 533 g/mol. The van der Waals surface area contributed by atoms with Gasteiger partial charge in [0.1, 0.15) is 11.6 Å². The average Bonchev–Trinajstić information content (AvgIpc) is 3.51. The maximum atomic E-state index is 14.4. The van der Waals surface area contributed by atoms with Crippen molar-refractivity contribution in [3.05, 3.63) is 41.5 Å². The van der Waals surface area contributed by atoms with Crippen molar-refractivity contribution in [2.45, 2.75) is 121 Å². The number of benzene rings is 1. The summed E-state index contributed by atoms with van der Waals surface area (Å²) >= 11 is 0. The van der Waals surface area contributed by atoms with Crippen LogP contribution in [-0.4, -0.2) is 52.5 Å². The highest BCUT2D eigenvalue weighted by atomic mass is 16.5. The van der Waals surface area contributed by atoms with Crippen molar-refractivity contribution in [2.24, 2.45) is 11.8 Å². The van der Waals surface area contributed by atoms with Crippen molar-refractivity contribution in [1.82, 2.24) is 10.2 Å². The highest BCUT2D eigenvalue weighted by Crippen LogP contribution is 2.56. The predicted octanol–water partition coefficient (Wildman–Crippen LogP) is 4.95. The van der Waals surface area contributed by atoms with E-state index in [1.807, 2.05) is 43.0 Å². The number of rotatable bonds is 5. The topological polar surface area (TPSA) is 87.7 Å². The molecule has 4 fully saturated rings. The summed E-state index contributed by atoms with van der Waals surface area (Å²) in [7, 11) is 0. The van der Waals surface area contributed by atoms with Gasteiger partial charge in [0.15, 0.2) is 0 Å². The zero-order chi connectivity index (χ0) is 27.1. The van der Waals surface area contributed by atoms with Crippen molar-refractivity contribution < 1.29 is 19.1 Å². The van der Waals surface area contributed by atoms with Gasteiger partial charge in [-0.1, -0.05) is 69.6 Å². The second-order valence-corrected chi connectivity index (χ2v) is 12.7. The Morgan fingerprint density at radius 1 is 0.872 bits per heavy atom. The van der Waals surface area contributed by atoms with Gasteiger partial charge >= 0.3 is 0 Å². The lowest BCUT2D eigenvalue weighted by Crippen LogP contribution is -2.58. The second kappa shape index (κ2) is 10.7. The molecule has 1 aromatic rings. The number of ether oxygens (including phenoxy) is 1. The maximum absolute atomic E-state index is 14.4. The fourth-order valence-corrected chi connectivity index (χ4v) is 8.11. The molecule has 5 atom stereocenters. The average molecular weight is 534 g/mol. The number of amides is 3. The molecule has 0 unspecified atom stereocenters. The summed E-state index contributed by atoms with van der Waals surface area (Å²) in [6, 6.07) is 5.37. The van der Waals surface area contributed by atoms with E-state index in [0.29, 0.717) is 0 Å². The Hall–Kier alpha value is -2.67. The lowest BCUT2D eigenvalue weighted by Gasteiger charge is -2.38. The molecule has 2 N–H and O–H groups in total. The number of aryl methyl sites for hydroxylation is 2. The molecule has 0 aromatic heterocycles. The number of carbonyl (C=O) groups is 3. The van der Waals surface area contributed by atoms with Crippen molar-refractivity contribution >= 4 is 23.4 Å². The molecule has 0 radical (unpaired) electrons. The molecular formula is C32H43N3O4. The lowest BCUT2D eigenvalue weighted by molar-refractivity contribution is -0.144. The number of nitrogens with one attached hydrogen (secondary N) is 2. The molecule has 210 valence electrons. The molecule has 7 heteroatoms. The molecule has 39 heavy (non-hydrogen) atoms. The van der Waals surface area contributed by atoms with E-state index in [0.717, 1.165) is 81.0 Å². The smallest absolute Gasteiger partial charge is 0.246 e. The Kier molecular flexibility index (Phi) is 7.30. The molecule has 1 aromatic carbocycles. The van der Waals surface area contributed by atoms with E-state index in [9.17, 15) is 14.4 Å². The minimum absolute atomic E-state index is 0.000866. The molecule has 7 nitrogen and oxygen atoms in total. The highest BCUT2D eigenvalue weighted by Gasteiger charge is 2.73. The number of hydrogen-bond donors (Lipinski definition) is 2. The van der Waals surface area contributed by atoms with Gasteiger partial charge in [0.2, 0.25) is 17.7 Å². The first kappa shape index (κ1) is 26.5. The first-order chi connectivity index (χ1) is 18.9. The normalized spacial score (nSPS) is 33.1. The van der Waals surface area contributed by atoms with Crippen LogP contribution in [0.4, 0.5) is 5.69 Å². The molecule has 3 aliphatic heterocycles. The SMILES string of the molecule is Cc1cc(C)cc(NC(=O)[C@@H]2[C@@H]3C=C[C@]4(O3)[C@@H]2C(=O)N(C2CCCCCCC2)[C@H]4C(=O)NC2CCCCC2)c1. The molecule has 2 saturated carbocycles. The predicted molar refractivity (Wildman–Crippen MR) is 150 cm³/mol. The molecule has 2 aliphatic carbocycles. The molecule has 5 aliphatic rings. The van der Waals surface area contributed by atoms with Gasteiger partial charge in [-0.2, -0.15) is 0 Å². The summed E-state index contributed by atoms with van der Waals surface area (Å²) in [6.07, 6.45) is 16.2. The van der Waals surface area contributed by atoms with Gasteiger partial charge in [-0.3, -0.25) is 14.4 Å². The number of anilines is 1. The molecule has 2 saturated heterocycles. The van der Waals surface area contributed by atoms with Crippen molar-refractivity contribution in [3.63, 3.8) is 0 Å². The Morgan fingerprint density at radius 3 is 2.18 bits per heavy atom. The first-order valence-electron chi connectivity index (χ1n) is 15.3. The van der Waals surface area contributed by atoms with Crippen LogP contribution in [0, 0.1) is 25.7 Å². The first-order valence-corrected chi connectivity index (χ1v) is 15.3. The van der Waals surface area contributed by atoms with Gasteiger partial charge in [-0.15, -0.1) is 0 Å². The summed E-state index contributed by atoms with van der Waals surface area (Å²) in [4.78, 5) is 44.2. The number of likely N-dealkylation sites (tertiary alicyclic amines) is 1. The highest BCUT2D eigenvalue weighted by molar-refractivity contribution is 6.03. The van der Waals surface area contributed by atoms with Crippen LogP contribution in [0.25, 0.3) is 0 Å². The number of carbonyl (C=O) groups excluding carboxylic acids is 3. The zero-order valence-electron chi connectivity index (χ0n) is 23.4. The van der Waals surface area contributed by atoms with Crippen LogP contribution < -0.4 is 10.6 Å².